The van der Waals surface area contributed by atoms with Gasteiger partial charge in [-0.25, -0.2) is 4.98 Å². The SMILES string of the molecule is Cn1ncnc1[C@H](N)CO. The van der Waals surface area contributed by atoms with Crippen molar-refractivity contribution in [1.29, 1.82) is 0 Å². The number of hydrogen-bond donors (Lipinski definition) is 2. The number of nitrogens with zero attached hydrogens (tertiary/aromatic N) is 3. The van der Waals surface area contributed by atoms with Crippen LogP contribution in [0.3, 0.4) is 0 Å². The van der Waals surface area contributed by atoms with Gasteiger partial charge in [0.05, 0.1) is 12.6 Å². The van der Waals surface area contributed by atoms with Crippen LogP contribution in [0.15, 0.2) is 6.33 Å². The van der Waals surface area contributed by atoms with E-state index in [1.54, 1.807) is 11.7 Å². The number of rotatable bonds is 2. The molecule has 0 unspecified atom stereocenters. The van der Waals surface area contributed by atoms with E-state index in [1.807, 2.05) is 0 Å². The lowest BCUT2D eigenvalue weighted by molar-refractivity contribution is 0.260. The Hall–Kier alpha value is -0.940. The van der Waals surface area contributed by atoms with Gasteiger partial charge >= 0.3 is 0 Å². The molecule has 1 atom stereocenters. The van der Waals surface area contributed by atoms with Crippen LogP contribution in [0.5, 0.6) is 0 Å². The van der Waals surface area contributed by atoms with Gasteiger partial charge in [0, 0.05) is 7.05 Å². The summed E-state index contributed by atoms with van der Waals surface area (Å²) in [5.74, 6) is 0.600. The molecule has 0 saturated heterocycles. The van der Waals surface area contributed by atoms with Gasteiger partial charge in [0.2, 0.25) is 0 Å². The van der Waals surface area contributed by atoms with Crippen molar-refractivity contribution in [2.75, 3.05) is 6.61 Å². The summed E-state index contributed by atoms with van der Waals surface area (Å²) >= 11 is 0. The summed E-state index contributed by atoms with van der Waals surface area (Å²) in [5.41, 5.74) is 5.47. The van der Waals surface area contributed by atoms with Gasteiger partial charge in [-0.3, -0.25) is 4.68 Å². The van der Waals surface area contributed by atoms with Gasteiger partial charge in [-0.05, 0) is 0 Å². The minimum absolute atomic E-state index is 0.105. The van der Waals surface area contributed by atoms with Crippen LogP contribution in [0.2, 0.25) is 0 Å². The predicted octanol–water partition coefficient (Wildman–Crippen LogP) is -1.19. The molecule has 5 nitrogen and oxygen atoms in total. The second-order valence-electron chi connectivity index (χ2n) is 2.03. The molecule has 0 amide bonds. The summed E-state index contributed by atoms with van der Waals surface area (Å²) in [6, 6.07) is -0.424. The largest absolute Gasteiger partial charge is 0.394 e. The van der Waals surface area contributed by atoms with Crippen LogP contribution >= 0.6 is 0 Å². The normalized spacial score (nSPS) is 13.5. The first-order valence-corrected chi connectivity index (χ1v) is 2.96. The fourth-order valence-corrected chi connectivity index (χ4v) is 0.723. The minimum atomic E-state index is -0.424. The van der Waals surface area contributed by atoms with Crippen LogP contribution in [-0.4, -0.2) is 26.5 Å². The molecule has 0 aliphatic carbocycles. The highest BCUT2D eigenvalue weighted by molar-refractivity contribution is 4.91. The summed E-state index contributed by atoms with van der Waals surface area (Å²) in [7, 11) is 1.73. The lowest BCUT2D eigenvalue weighted by Crippen LogP contribution is -2.19. The number of aryl methyl sites for hydroxylation is 1. The number of aliphatic hydroxyl groups is 1. The fraction of sp³-hybridized carbons (Fsp3) is 0.600. The molecule has 1 heterocycles. The molecule has 0 aliphatic rings. The Morgan fingerprint density at radius 3 is 3.00 bits per heavy atom. The van der Waals surface area contributed by atoms with E-state index in [-0.39, 0.29) is 6.61 Å². The smallest absolute Gasteiger partial charge is 0.145 e. The molecule has 0 saturated carbocycles. The standard InChI is InChI=1S/C5H10N4O/c1-9-5(4(6)2-10)7-3-8-9/h3-4,10H,2,6H2,1H3/t4-/m1/s1. The molecule has 0 aromatic carbocycles. The third kappa shape index (κ3) is 1.14. The Balaban J connectivity index is 2.82. The predicted molar refractivity (Wildman–Crippen MR) is 35.0 cm³/mol. The Labute approximate surface area is 58.5 Å². The van der Waals surface area contributed by atoms with E-state index in [1.165, 1.54) is 6.33 Å². The maximum atomic E-state index is 8.62. The van der Waals surface area contributed by atoms with Gasteiger partial charge < -0.3 is 10.8 Å². The number of aliphatic hydroxyl groups excluding tert-OH is 1. The van der Waals surface area contributed by atoms with E-state index in [9.17, 15) is 0 Å². The molecule has 1 aromatic heterocycles. The molecule has 1 rings (SSSR count). The lowest BCUT2D eigenvalue weighted by Gasteiger charge is -2.04. The first-order chi connectivity index (χ1) is 4.75. The van der Waals surface area contributed by atoms with Crippen molar-refractivity contribution in [2.45, 2.75) is 6.04 Å². The quantitative estimate of drug-likeness (QED) is 0.544. The van der Waals surface area contributed by atoms with Crippen molar-refractivity contribution in [3.63, 3.8) is 0 Å². The van der Waals surface area contributed by atoms with Gasteiger partial charge in [-0.2, -0.15) is 5.10 Å². The molecule has 0 radical (unpaired) electrons. The summed E-state index contributed by atoms with van der Waals surface area (Å²) in [4.78, 5) is 3.85. The molecule has 5 heteroatoms. The first kappa shape index (κ1) is 7.17. The van der Waals surface area contributed by atoms with Crippen LogP contribution in [0, 0.1) is 0 Å². The van der Waals surface area contributed by atoms with Crippen molar-refractivity contribution in [1.82, 2.24) is 14.8 Å². The highest BCUT2D eigenvalue weighted by atomic mass is 16.3. The molecular formula is C5H10N4O. The van der Waals surface area contributed by atoms with Crippen LogP contribution in [0.1, 0.15) is 11.9 Å². The van der Waals surface area contributed by atoms with Crippen molar-refractivity contribution >= 4 is 0 Å². The Bertz CT molecular complexity index is 209. The van der Waals surface area contributed by atoms with Gasteiger partial charge in [-0.1, -0.05) is 0 Å². The maximum Gasteiger partial charge on any atom is 0.145 e. The third-order valence-electron chi connectivity index (χ3n) is 1.27. The van der Waals surface area contributed by atoms with Crippen molar-refractivity contribution in [3.05, 3.63) is 12.2 Å². The summed E-state index contributed by atoms with van der Waals surface area (Å²) < 4.78 is 1.54. The van der Waals surface area contributed by atoms with E-state index in [0.717, 1.165) is 0 Å². The highest BCUT2D eigenvalue weighted by Crippen LogP contribution is 2.01. The Morgan fingerprint density at radius 2 is 2.60 bits per heavy atom. The monoisotopic (exact) mass is 142 g/mol. The van der Waals surface area contributed by atoms with Gasteiger partial charge in [0.15, 0.2) is 0 Å². The molecule has 3 N–H and O–H groups in total. The fourth-order valence-electron chi connectivity index (χ4n) is 0.723. The zero-order chi connectivity index (χ0) is 7.56. The molecule has 0 aliphatic heterocycles. The van der Waals surface area contributed by atoms with E-state index in [0.29, 0.717) is 5.82 Å². The van der Waals surface area contributed by atoms with Crippen LogP contribution in [0.25, 0.3) is 0 Å². The topological polar surface area (TPSA) is 77.0 Å². The van der Waals surface area contributed by atoms with Gasteiger partial charge in [0.1, 0.15) is 12.2 Å². The van der Waals surface area contributed by atoms with E-state index < -0.39 is 6.04 Å². The summed E-state index contributed by atoms with van der Waals surface area (Å²) in [6.07, 6.45) is 1.41. The molecule has 10 heavy (non-hydrogen) atoms. The summed E-state index contributed by atoms with van der Waals surface area (Å²) in [5, 5.41) is 12.4. The highest BCUT2D eigenvalue weighted by Gasteiger charge is 2.08. The van der Waals surface area contributed by atoms with E-state index in [4.69, 9.17) is 10.8 Å². The molecule has 0 fully saturated rings. The molecule has 56 valence electrons. The Kier molecular flexibility index (Phi) is 1.98. The van der Waals surface area contributed by atoms with Crippen LogP contribution in [-0.2, 0) is 7.05 Å². The molecular weight excluding hydrogens is 132 g/mol. The first-order valence-electron chi connectivity index (χ1n) is 2.96. The van der Waals surface area contributed by atoms with Crippen LogP contribution in [0.4, 0.5) is 0 Å². The van der Waals surface area contributed by atoms with Crippen molar-refractivity contribution in [2.24, 2.45) is 12.8 Å². The zero-order valence-corrected chi connectivity index (χ0v) is 5.73. The Morgan fingerprint density at radius 1 is 1.90 bits per heavy atom. The summed E-state index contributed by atoms with van der Waals surface area (Å²) in [6.45, 7) is -0.105. The van der Waals surface area contributed by atoms with Gasteiger partial charge in [-0.15, -0.1) is 0 Å². The molecule has 0 bridgehead atoms. The van der Waals surface area contributed by atoms with Crippen LogP contribution < -0.4 is 5.73 Å². The second-order valence-corrected chi connectivity index (χ2v) is 2.03. The average Bonchev–Trinajstić information content (AvgIpc) is 2.34. The number of hydrogen-bond acceptors (Lipinski definition) is 4. The lowest BCUT2D eigenvalue weighted by atomic mass is 10.3. The molecule has 0 spiro atoms. The second kappa shape index (κ2) is 2.76. The van der Waals surface area contributed by atoms with E-state index >= 15 is 0 Å². The van der Waals surface area contributed by atoms with Crippen molar-refractivity contribution in [3.8, 4) is 0 Å². The van der Waals surface area contributed by atoms with Gasteiger partial charge in [0.25, 0.3) is 0 Å². The molecule has 1 aromatic rings. The third-order valence-corrected chi connectivity index (χ3v) is 1.27. The number of nitrogens with two attached hydrogens (primary N) is 1. The zero-order valence-electron chi connectivity index (χ0n) is 5.73. The number of aromatic nitrogens is 3. The minimum Gasteiger partial charge on any atom is -0.394 e. The maximum absolute atomic E-state index is 8.62. The van der Waals surface area contributed by atoms with Crippen molar-refractivity contribution < 1.29 is 5.11 Å². The average molecular weight is 142 g/mol. The van der Waals surface area contributed by atoms with E-state index in [2.05, 4.69) is 10.1 Å².